The van der Waals surface area contributed by atoms with Gasteiger partial charge in [-0.2, -0.15) is 8.42 Å². The van der Waals surface area contributed by atoms with Gasteiger partial charge in [0.05, 0.1) is 12.8 Å². The van der Waals surface area contributed by atoms with Crippen LogP contribution in [0.2, 0.25) is 0 Å². The van der Waals surface area contributed by atoms with Crippen LogP contribution in [0.25, 0.3) is 0 Å². The number of benzene rings is 2. The molecule has 0 bridgehead atoms. The van der Waals surface area contributed by atoms with Crippen molar-refractivity contribution < 1.29 is 17.9 Å². The molecule has 1 heterocycles. The number of anilines is 2. The Hall–Kier alpha value is -2.87. The number of sulfonamides is 1. The van der Waals surface area contributed by atoms with Gasteiger partial charge in [-0.25, -0.2) is 0 Å². The summed E-state index contributed by atoms with van der Waals surface area (Å²) in [6, 6.07) is 11.6. The minimum Gasteiger partial charge on any atom is -0.497 e. The van der Waals surface area contributed by atoms with Gasteiger partial charge in [0.2, 0.25) is 0 Å². The number of amidine groups is 1. The minimum absolute atomic E-state index is 0.107. The molecule has 7 nitrogen and oxygen atoms in total. The van der Waals surface area contributed by atoms with Crippen LogP contribution >= 0.6 is 0 Å². The van der Waals surface area contributed by atoms with Crippen LogP contribution in [0, 0.1) is 5.92 Å². The molecule has 8 heteroatoms. The van der Waals surface area contributed by atoms with E-state index in [-0.39, 0.29) is 16.7 Å². The van der Waals surface area contributed by atoms with Gasteiger partial charge in [-0.3, -0.25) is 4.79 Å². The smallest absolute Gasteiger partial charge is 0.286 e. The van der Waals surface area contributed by atoms with Crippen molar-refractivity contribution in [3.63, 3.8) is 0 Å². The maximum Gasteiger partial charge on any atom is 0.286 e. The van der Waals surface area contributed by atoms with E-state index in [1.165, 1.54) is 6.07 Å². The minimum atomic E-state index is -3.84. The average Bonchev–Trinajstić information content (AvgIpc) is 2.70. The first-order valence-corrected chi connectivity index (χ1v) is 11.4. The van der Waals surface area contributed by atoms with Gasteiger partial charge in [0, 0.05) is 24.2 Å². The molecular weight excluding hydrogens is 402 g/mol. The molecule has 0 fully saturated rings. The van der Waals surface area contributed by atoms with Gasteiger partial charge < -0.3 is 15.0 Å². The van der Waals surface area contributed by atoms with Crippen LogP contribution < -0.4 is 15.0 Å². The molecule has 2 aromatic carbocycles. The van der Waals surface area contributed by atoms with E-state index < -0.39 is 10.0 Å². The van der Waals surface area contributed by atoms with E-state index >= 15 is 0 Å². The first-order chi connectivity index (χ1) is 14.2. The lowest BCUT2D eigenvalue weighted by atomic mass is 10.1. The lowest BCUT2D eigenvalue weighted by Crippen LogP contribution is -2.37. The predicted molar refractivity (Wildman–Crippen MR) is 119 cm³/mol. The van der Waals surface area contributed by atoms with Gasteiger partial charge in [-0.05, 0) is 54.8 Å². The van der Waals surface area contributed by atoms with Gasteiger partial charge in [0.15, 0.2) is 0 Å². The molecule has 0 unspecified atom stereocenters. The summed E-state index contributed by atoms with van der Waals surface area (Å²) in [7, 11) is -2.29. The number of nitrogens with zero attached hydrogens (tertiary/aromatic N) is 2. The maximum absolute atomic E-state index is 12.9. The van der Waals surface area contributed by atoms with E-state index in [2.05, 4.69) is 9.71 Å². The molecule has 0 atom stereocenters. The maximum atomic E-state index is 12.9. The molecule has 30 heavy (non-hydrogen) atoms. The molecule has 2 aromatic rings. The van der Waals surface area contributed by atoms with Crippen molar-refractivity contribution in [2.24, 2.45) is 10.3 Å². The molecule has 1 aliphatic heterocycles. The van der Waals surface area contributed by atoms with Crippen molar-refractivity contribution in [2.45, 2.75) is 38.5 Å². The number of nitrogens with one attached hydrogen (secondary N) is 1. The van der Waals surface area contributed by atoms with Crippen LogP contribution in [-0.2, 0) is 10.0 Å². The summed E-state index contributed by atoms with van der Waals surface area (Å²) >= 11 is 0. The second kappa shape index (κ2) is 8.87. The van der Waals surface area contributed by atoms with Crippen molar-refractivity contribution in [2.75, 3.05) is 23.9 Å². The zero-order valence-corrected chi connectivity index (χ0v) is 18.5. The number of ether oxygens (including phenoxy) is 1. The molecule has 1 amide bonds. The second-order valence-corrected chi connectivity index (χ2v) is 9.17. The van der Waals surface area contributed by atoms with Crippen LogP contribution in [0.3, 0.4) is 0 Å². The number of hydrogen-bond donors (Lipinski definition) is 1. The Labute approximate surface area is 177 Å². The molecule has 0 saturated carbocycles. The summed E-state index contributed by atoms with van der Waals surface area (Å²) in [4.78, 5) is 14.6. The van der Waals surface area contributed by atoms with Crippen LogP contribution in [-0.4, -0.2) is 33.8 Å². The zero-order chi connectivity index (χ0) is 21.9. The molecule has 160 valence electrons. The highest BCUT2D eigenvalue weighted by atomic mass is 32.2. The van der Waals surface area contributed by atoms with Crippen LogP contribution in [0.4, 0.5) is 11.4 Å². The van der Waals surface area contributed by atoms with Crippen LogP contribution in [0.1, 0.15) is 44.0 Å². The van der Waals surface area contributed by atoms with Crippen molar-refractivity contribution in [3.8, 4) is 5.75 Å². The van der Waals surface area contributed by atoms with E-state index in [1.807, 2.05) is 25.7 Å². The van der Waals surface area contributed by atoms with Crippen molar-refractivity contribution >= 4 is 33.1 Å². The quantitative estimate of drug-likeness (QED) is 0.708. The third-order valence-electron chi connectivity index (χ3n) is 4.71. The van der Waals surface area contributed by atoms with Gasteiger partial charge in [0.1, 0.15) is 16.5 Å². The van der Waals surface area contributed by atoms with E-state index in [9.17, 15) is 13.2 Å². The summed E-state index contributed by atoms with van der Waals surface area (Å²) in [5.41, 5.74) is 1.45. The lowest BCUT2D eigenvalue weighted by molar-refractivity contribution is 0.102. The lowest BCUT2D eigenvalue weighted by Gasteiger charge is -2.31. The normalized spacial score (nSPS) is 14.8. The highest BCUT2D eigenvalue weighted by molar-refractivity contribution is 7.90. The molecule has 3 rings (SSSR count). The molecule has 0 radical (unpaired) electrons. The van der Waals surface area contributed by atoms with E-state index in [4.69, 9.17) is 4.74 Å². The third kappa shape index (κ3) is 4.64. The standard InChI is InChI=1S/C22H27N3O4S/c1-5-12-25-19-11-8-17(23-22(26)16-6-9-18(29-4)10-7-16)14-20(19)30(27,28)24-21(25)13-15(2)3/h6-11,14-15H,5,12-13H2,1-4H3,(H,23,26). The highest BCUT2D eigenvalue weighted by Crippen LogP contribution is 2.35. The van der Waals surface area contributed by atoms with E-state index in [1.54, 1.807) is 43.5 Å². The summed E-state index contributed by atoms with van der Waals surface area (Å²) in [6.07, 6.45) is 1.43. The van der Waals surface area contributed by atoms with E-state index in [0.29, 0.717) is 41.5 Å². The van der Waals surface area contributed by atoms with Gasteiger partial charge in [-0.15, -0.1) is 4.40 Å². The molecule has 0 spiro atoms. The number of fused-ring (bicyclic) bond motifs is 1. The summed E-state index contributed by atoms with van der Waals surface area (Å²) < 4.78 is 34.9. The Bertz CT molecular complexity index is 1060. The van der Waals surface area contributed by atoms with Crippen LogP contribution in [0.15, 0.2) is 51.8 Å². The molecule has 0 saturated heterocycles. The van der Waals surface area contributed by atoms with Crippen LogP contribution in [0.5, 0.6) is 5.75 Å². The second-order valence-electron chi connectivity index (χ2n) is 7.60. The number of carbonyl (C=O) groups excluding carboxylic acids is 1. The summed E-state index contributed by atoms with van der Waals surface area (Å²) in [5, 5.41) is 2.76. The summed E-state index contributed by atoms with van der Waals surface area (Å²) in [5.74, 6) is 1.16. The molecule has 0 aliphatic carbocycles. The zero-order valence-electron chi connectivity index (χ0n) is 17.7. The highest BCUT2D eigenvalue weighted by Gasteiger charge is 2.31. The van der Waals surface area contributed by atoms with Gasteiger partial charge >= 0.3 is 0 Å². The number of amides is 1. The Balaban J connectivity index is 1.92. The fourth-order valence-corrected chi connectivity index (χ4v) is 4.60. The first-order valence-electron chi connectivity index (χ1n) is 9.96. The van der Waals surface area contributed by atoms with Gasteiger partial charge in [-0.1, -0.05) is 20.8 Å². The topological polar surface area (TPSA) is 88.1 Å². The number of rotatable bonds is 7. The molecular formula is C22H27N3O4S. The Morgan fingerprint density at radius 3 is 2.47 bits per heavy atom. The Kier molecular flexibility index (Phi) is 6.45. The molecule has 1 N–H and O–H groups in total. The van der Waals surface area contributed by atoms with Crippen molar-refractivity contribution in [3.05, 3.63) is 48.0 Å². The van der Waals surface area contributed by atoms with E-state index in [0.717, 1.165) is 6.42 Å². The Morgan fingerprint density at radius 2 is 1.87 bits per heavy atom. The number of carbonyl (C=O) groups is 1. The Morgan fingerprint density at radius 1 is 1.17 bits per heavy atom. The monoisotopic (exact) mass is 429 g/mol. The number of hydrogen-bond acceptors (Lipinski definition) is 5. The van der Waals surface area contributed by atoms with Gasteiger partial charge in [0.25, 0.3) is 15.9 Å². The molecule has 0 aromatic heterocycles. The largest absolute Gasteiger partial charge is 0.497 e. The third-order valence-corrected chi connectivity index (χ3v) is 6.05. The van der Waals surface area contributed by atoms with Crippen molar-refractivity contribution in [1.29, 1.82) is 0 Å². The summed E-state index contributed by atoms with van der Waals surface area (Å²) in [6.45, 7) is 6.78. The average molecular weight is 430 g/mol. The fourth-order valence-electron chi connectivity index (χ4n) is 3.33. The molecule has 1 aliphatic rings. The first kappa shape index (κ1) is 21.8. The number of methoxy groups -OCH3 is 1. The fraction of sp³-hybridized carbons (Fsp3) is 0.364. The predicted octanol–water partition coefficient (Wildman–Crippen LogP) is 4.31. The SMILES string of the molecule is CCCN1C(CC(C)C)=NS(=O)(=O)c2cc(NC(=O)c3ccc(OC)cc3)ccc21. The van der Waals surface area contributed by atoms with Crippen molar-refractivity contribution in [1.82, 2.24) is 0 Å².